The fourth-order valence-corrected chi connectivity index (χ4v) is 0.883. The van der Waals surface area contributed by atoms with E-state index in [4.69, 9.17) is 0 Å². The third kappa shape index (κ3) is 5.86. The van der Waals surface area contributed by atoms with Crippen LogP contribution in [0.2, 0.25) is 0 Å². The summed E-state index contributed by atoms with van der Waals surface area (Å²) < 4.78 is 0. The lowest BCUT2D eigenvalue weighted by Gasteiger charge is -2.09. The van der Waals surface area contributed by atoms with Crippen molar-refractivity contribution in [3.05, 3.63) is 25.3 Å². The maximum atomic E-state index is 9.29. The molecule has 0 saturated carbocycles. The molecule has 2 atom stereocenters. The summed E-state index contributed by atoms with van der Waals surface area (Å²) in [6.45, 7) is 9.36. The van der Waals surface area contributed by atoms with Crippen LogP contribution < -0.4 is 0 Å². The fourth-order valence-electron chi connectivity index (χ4n) is 0.883. The van der Waals surface area contributed by atoms with Crippen LogP contribution in [0.3, 0.4) is 0 Å². The largest absolute Gasteiger partial charge is 0.393 e. The Balaban J connectivity index is 3.36. The van der Waals surface area contributed by atoms with Gasteiger partial charge in [0.2, 0.25) is 0 Å². The van der Waals surface area contributed by atoms with Crippen LogP contribution in [0.25, 0.3) is 0 Å². The number of aliphatic hydroxyl groups is 1. The highest BCUT2D eigenvalue weighted by atomic mass is 16.3. The lowest BCUT2D eigenvalue weighted by atomic mass is 10.0. The Morgan fingerprint density at radius 3 is 2.45 bits per heavy atom. The SMILES string of the molecule is C=CC[C@H](O)CC[C@H](C)C=C. The summed E-state index contributed by atoms with van der Waals surface area (Å²) in [6, 6.07) is 0. The van der Waals surface area contributed by atoms with E-state index in [-0.39, 0.29) is 6.10 Å². The van der Waals surface area contributed by atoms with E-state index >= 15 is 0 Å². The van der Waals surface area contributed by atoms with Crippen molar-refractivity contribution in [2.75, 3.05) is 0 Å². The van der Waals surface area contributed by atoms with Crippen molar-refractivity contribution in [2.24, 2.45) is 5.92 Å². The average Bonchev–Trinajstić information content (AvgIpc) is 2.01. The zero-order valence-corrected chi connectivity index (χ0v) is 7.29. The van der Waals surface area contributed by atoms with Gasteiger partial charge in [0.25, 0.3) is 0 Å². The van der Waals surface area contributed by atoms with Crippen molar-refractivity contribution >= 4 is 0 Å². The van der Waals surface area contributed by atoms with Gasteiger partial charge in [-0.05, 0) is 25.2 Å². The number of aliphatic hydroxyl groups excluding tert-OH is 1. The van der Waals surface area contributed by atoms with Crippen molar-refractivity contribution in [3.8, 4) is 0 Å². The number of rotatable bonds is 6. The molecule has 0 radical (unpaired) electrons. The number of hydrogen-bond donors (Lipinski definition) is 1. The third-order valence-electron chi connectivity index (χ3n) is 1.80. The van der Waals surface area contributed by atoms with Gasteiger partial charge in [-0.1, -0.05) is 19.1 Å². The van der Waals surface area contributed by atoms with Crippen molar-refractivity contribution in [2.45, 2.75) is 32.3 Å². The first-order valence-electron chi connectivity index (χ1n) is 4.12. The first-order valence-corrected chi connectivity index (χ1v) is 4.12. The van der Waals surface area contributed by atoms with Gasteiger partial charge < -0.3 is 5.11 Å². The van der Waals surface area contributed by atoms with Gasteiger partial charge in [-0.2, -0.15) is 0 Å². The molecule has 0 rings (SSSR count). The zero-order chi connectivity index (χ0) is 8.69. The minimum Gasteiger partial charge on any atom is -0.393 e. The predicted octanol–water partition coefficient (Wildman–Crippen LogP) is 2.53. The highest BCUT2D eigenvalue weighted by Gasteiger charge is 2.03. The van der Waals surface area contributed by atoms with E-state index in [9.17, 15) is 5.11 Å². The topological polar surface area (TPSA) is 20.2 Å². The highest BCUT2D eigenvalue weighted by molar-refractivity contribution is 4.78. The van der Waals surface area contributed by atoms with Crippen LogP contribution in [0.15, 0.2) is 25.3 Å². The van der Waals surface area contributed by atoms with Gasteiger partial charge >= 0.3 is 0 Å². The monoisotopic (exact) mass is 154 g/mol. The molecule has 1 N–H and O–H groups in total. The molecule has 64 valence electrons. The van der Waals surface area contributed by atoms with Crippen LogP contribution >= 0.6 is 0 Å². The average molecular weight is 154 g/mol. The minimum absolute atomic E-state index is 0.213. The lowest BCUT2D eigenvalue weighted by Crippen LogP contribution is -2.06. The van der Waals surface area contributed by atoms with Gasteiger partial charge in [0.05, 0.1) is 6.10 Å². The summed E-state index contributed by atoms with van der Waals surface area (Å²) in [4.78, 5) is 0. The number of hydrogen-bond acceptors (Lipinski definition) is 1. The molecule has 0 amide bonds. The van der Waals surface area contributed by atoms with Crippen molar-refractivity contribution in [3.63, 3.8) is 0 Å². The van der Waals surface area contributed by atoms with E-state index in [1.807, 2.05) is 6.08 Å². The molecule has 0 spiro atoms. The Morgan fingerprint density at radius 1 is 1.36 bits per heavy atom. The Bertz CT molecular complexity index is 118. The maximum absolute atomic E-state index is 9.29. The van der Waals surface area contributed by atoms with E-state index in [0.717, 1.165) is 12.8 Å². The Morgan fingerprint density at radius 2 is 2.00 bits per heavy atom. The highest BCUT2D eigenvalue weighted by Crippen LogP contribution is 2.10. The Labute approximate surface area is 69.4 Å². The van der Waals surface area contributed by atoms with E-state index in [1.54, 1.807) is 6.08 Å². The van der Waals surface area contributed by atoms with Crippen LogP contribution in [0.4, 0.5) is 0 Å². The van der Waals surface area contributed by atoms with Gasteiger partial charge in [-0.25, -0.2) is 0 Å². The second kappa shape index (κ2) is 6.17. The summed E-state index contributed by atoms with van der Waals surface area (Å²) in [5.74, 6) is 0.509. The second-order valence-electron chi connectivity index (χ2n) is 2.97. The molecule has 0 aliphatic rings. The molecule has 11 heavy (non-hydrogen) atoms. The Kier molecular flexibility index (Phi) is 5.86. The van der Waals surface area contributed by atoms with Crippen LogP contribution in [-0.2, 0) is 0 Å². The molecule has 0 unspecified atom stereocenters. The summed E-state index contributed by atoms with van der Waals surface area (Å²) in [7, 11) is 0. The quantitative estimate of drug-likeness (QED) is 0.583. The lowest BCUT2D eigenvalue weighted by molar-refractivity contribution is 0.161. The maximum Gasteiger partial charge on any atom is 0.0574 e. The van der Waals surface area contributed by atoms with Crippen molar-refractivity contribution < 1.29 is 5.11 Å². The fraction of sp³-hybridized carbons (Fsp3) is 0.600. The van der Waals surface area contributed by atoms with Crippen LogP contribution in [-0.4, -0.2) is 11.2 Å². The van der Waals surface area contributed by atoms with Gasteiger partial charge in [0.15, 0.2) is 0 Å². The summed E-state index contributed by atoms with van der Waals surface area (Å²) >= 11 is 0. The third-order valence-corrected chi connectivity index (χ3v) is 1.80. The van der Waals surface area contributed by atoms with Crippen LogP contribution in [0.1, 0.15) is 26.2 Å². The smallest absolute Gasteiger partial charge is 0.0574 e. The van der Waals surface area contributed by atoms with E-state index < -0.39 is 0 Å². The molecule has 0 aromatic heterocycles. The molecule has 0 bridgehead atoms. The van der Waals surface area contributed by atoms with Crippen LogP contribution in [0, 0.1) is 5.92 Å². The molecule has 1 heteroatoms. The van der Waals surface area contributed by atoms with E-state index in [0.29, 0.717) is 12.3 Å². The molecule has 0 fully saturated rings. The van der Waals surface area contributed by atoms with E-state index in [1.165, 1.54) is 0 Å². The normalized spacial score (nSPS) is 15.5. The van der Waals surface area contributed by atoms with Crippen molar-refractivity contribution in [1.29, 1.82) is 0 Å². The standard InChI is InChI=1S/C10H18O/c1-4-6-10(11)8-7-9(3)5-2/h4-5,9-11H,1-2,6-8H2,3H3/t9-,10+/m1/s1. The van der Waals surface area contributed by atoms with E-state index in [2.05, 4.69) is 20.1 Å². The number of allylic oxidation sites excluding steroid dienone is 1. The van der Waals surface area contributed by atoms with Gasteiger partial charge in [-0.3, -0.25) is 0 Å². The van der Waals surface area contributed by atoms with Gasteiger partial charge in [-0.15, -0.1) is 13.2 Å². The molecule has 0 aliphatic heterocycles. The zero-order valence-electron chi connectivity index (χ0n) is 7.29. The summed E-state index contributed by atoms with van der Waals surface area (Å²) in [5.41, 5.74) is 0. The van der Waals surface area contributed by atoms with Gasteiger partial charge in [0.1, 0.15) is 0 Å². The molecule has 0 heterocycles. The molecular weight excluding hydrogens is 136 g/mol. The molecule has 0 aromatic carbocycles. The summed E-state index contributed by atoms with van der Waals surface area (Å²) in [6.07, 6.45) is 6.01. The second-order valence-corrected chi connectivity index (χ2v) is 2.97. The van der Waals surface area contributed by atoms with Gasteiger partial charge in [0, 0.05) is 0 Å². The predicted molar refractivity (Wildman–Crippen MR) is 49.4 cm³/mol. The molecule has 1 nitrogen and oxygen atoms in total. The first-order chi connectivity index (χ1) is 5.20. The first kappa shape index (κ1) is 10.4. The van der Waals surface area contributed by atoms with Crippen molar-refractivity contribution in [1.82, 2.24) is 0 Å². The molecule has 0 aromatic rings. The molecule has 0 aliphatic carbocycles. The van der Waals surface area contributed by atoms with Crippen LogP contribution in [0.5, 0.6) is 0 Å². The molecule has 0 saturated heterocycles. The molecular formula is C10H18O. The summed E-state index contributed by atoms with van der Waals surface area (Å²) in [5, 5.41) is 9.29. The minimum atomic E-state index is -0.213. The Hall–Kier alpha value is -0.560.